The smallest absolute Gasteiger partial charge is 0.223 e. The molecule has 3 rings (SSSR count). The molecule has 128 valence electrons. The van der Waals surface area contributed by atoms with E-state index in [9.17, 15) is 4.79 Å². The number of amides is 1. The number of nitrogens with zero attached hydrogens (tertiary/aromatic N) is 3. The van der Waals surface area contributed by atoms with Gasteiger partial charge in [0, 0.05) is 37.3 Å². The van der Waals surface area contributed by atoms with Crippen molar-refractivity contribution in [3.63, 3.8) is 0 Å². The maximum Gasteiger partial charge on any atom is 0.223 e. The lowest BCUT2D eigenvalue weighted by atomic mass is 10.0. The number of hydrogen-bond acceptors (Lipinski definition) is 2. The second-order valence-corrected chi connectivity index (χ2v) is 7.00. The molecule has 0 spiro atoms. The molecule has 5 heteroatoms. The fourth-order valence-corrected chi connectivity index (χ4v) is 3.79. The van der Waals surface area contributed by atoms with Gasteiger partial charge in [0.05, 0.1) is 5.69 Å². The number of hydrogen-bond donors (Lipinski definition) is 0. The minimum Gasteiger partial charge on any atom is -0.339 e. The summed E-state index contributed by atoms with van der Waals surface area (Å²) in [7, 11) is 1.92. The summed E-state index contributed by atoms with van der Waals surface area (Å²) in [6.07, 6.45) is 6.29. The predicted molar refractivity (Wildman–Crippen MR) is 96.2 cm³/mol. The highest BCUT2D eigenvalue weighted by molar-refractivity contribution is 6.31. The summed E-state index contributed by atoms with van der Waals surface area (Å²) in [5, 5.41) is 5.14. The maximum atomic E-state index is 12.7. The summed E-state index contributed by atoms with van der Waals surface area (Å²) in [5.74, 6) is 0.243. The van der Waals surface area contributed by atoms with Crippen LogP contribution in [0.4, 0.5) is 0 Å². The largest absolute Gasteiger partial charge is 0.339 e. The first-order valence-corrected chi connectivity index (χ1v) is 8.94. The average molecular weight is 346 g/mol. The summed E-state index contributed by atoms with van der Waals surface area (Å²) < 4.78 is 1.81. The molecule has 0 N–H and O–H groups in total. The van der Waals surface area contributed by atoms with E-state index in [0.29, 0.717) is 6.42 Å². The monoisotopic (exact) mass is 345 g/mol. The van der Waals surface area contributed by atoms with Gasteiger partial charge in [0.25, 0.3) is 0 Å². The summed E-state index contributed by atoms with van der Waals surface area (Å²) in [5.41, 5.74) is 3.30. The van der Waals surface area contributed by atoms with Crippen LogP contribution in [0.1, 0.15) is 36.1 Å². The van der Waals surface area contributed by atoms with Crippen LogP contribution in [0.15, 0.2) is 30.5 Å². The highest BCUT2D eigenvalue weighted by Crippen LogP contribution is 2.25. The van der Waals surface area contributed by atoms with Crippen molar-refractivity contribution in [3.8, 4) is 0 Å². The fourth-order valence-electron chi connectivity index (χ4n) is 3.57. The first kappa shape index (κ1) is 17.0. The highest BCUT2D eigenvalue weighted by Gasteiger charge is 2.28. The molecule has 1 fully saturated rings. The number of benzene rings is 1. The van der Waals surface area contributed by atoms with Gasteiger partial charge in [-0.25, -0.2) is 0 Å². The first-order valence-electron chi connectivity index (χ1n) is 8.56. The molecule has 1 atom stereocenters. The standard InChI is InChI=1S/C19H24ClN3O/c1-14-16(13-22(2)21-14)9-10-19(24)23-11-5-7-17(23)12-15-6-3-4-8-18(15)20/h3-4,6,8,13,17H,5,7,9-12H2,1-2H3. The van der Waals surface area contributed by atoms with Gasteiger partial charge < -0.3 is 4.90 Å². The Hall–Kier alpha value is -1.81. The van der Waals surface area contributed by atoms with Gasteiger partial charge in [-0.3, -0.25) is 9.48 Å². The third kappa shape index (κ3) is 3.81. The lowest BCUT2D eigenvalue weighted by Crippen LogP contribution is -2.37. The van der Waals surface area contributed by atoms with Crippen molar-refractivity contribution >= 4 is 17.5 Å². The lowest BCUT2D eigenvalue weighted by molar-refractivity contribution is -0.131. The molecule has 1 amide bonds. The van der Waals surface area contributed by atoms with E-state index in [4.69, 9.17) is 11.6 Å². The Bertz CT molecular complexity index is 725. The molecule has 1 aliphatic heterocycles. The van der Waals surface area contributed by atoms with Crippen LogP contribution < -0.4 is 0 Å². The lowest BCUT2D eigenvalue weighted by Gasteiger charge is -2.25. The Kier molecular flexibility index (Phi) is 5.24. The van der Waals surface area contributed by atoms with E-state index in [2.05, 4.69) is 16.1 Å². The van der Waals surface area contributed by atoms with Crippen LogP contribution in [0.2, 0.25) is 5.02 Å². The number of aryl methyl sites for hydroxylation is 3. The van der Waals surface area contributed by atoms with E-state index in [1.54, 1.807) is 0 Å². The van der Waals surface area contributed by atoms with Crippen molar-refractivity contribution < 1.29 is 4.79 Å². The molecular weight excluding hydrogens is 322 g/mol. The van der Waals surface area contributed by atoms with Crippen molar-refractivity contribution in [1.82, 2.24) is 14.7 Å². The van der Waals surface area contributed by atoms with Gasteiger partial charge in [0.1, 0.15) is 0 Å². The summed E-state index contributed by atoms with van der Waals surface area (Å²) in [4.78, 5) is 14.7. The molecule has 2 heterocycles. The minimum atomic E-state index is 0.243. The van der Waals surface area contributed by atoms with Crippen LogP contribution in [0.5, 0.6) is 0 Å². The van der Waals surface area contributed by atoms with Crippen LogP contribution in [0.25, 0.3) is 0 Å². The number of carbonyl (C=O) groups is 1. The molecule has 1 saturated heterocycles. The summed E-state index contributed by atoms with van der Waals surface area (Å²) in [6.45, 7) is 2.86. The van der Waals surface area contributed by atoms with Gasteiger partial charge in [0.15, 0.2) is 0 Å². The van der Waals surface area contributed by atoms with Gasteiger partial charge in [-0.2, -0.15) is 5.10 Å². The Morgan fingerprint density at radius 3 is 2.83 bits per heavy atom. The molecule has 0 bridgehead atoms. The molecule has 24 heavy (non-hydrogen) atoms. The summed E-state index contributed by atoms with van der Waals surface area (Å²) in [6, 6.07) is 8.20. The van der Waals surface area contributed by atoms with Crippen LogP contribution in [0.3, 0.4) is 0 Å². The van der Waals surface area contributed by atoms with Gasteiger partial charge in [-0.05, 0) is 49.8 Å². The SMILES string of the molecule is Cc1nn(C)cc1CCC(=O)N1CCCC1Cc1ccccc1Cl. The third-order valence-electron chi connectivity index (χ3n) is 4.83. The van der Waals surface area contributed by atoms with Crippen molar-refractivity contribution in [2.45, 2.75) is 45.1 Å². The van der Waals surface area contributed by atoms with E-state index in [0.717, 1.165) is 54.1 Å². The molecule has 0 aliphatic carbocycles. The Balaban J connectivity index is 1.61. The van der Waals surface area contributed by atoms with Crippen LogP contribution >= 0.6 is 11.6 Å². The Morgan fingerprint density at radius 1 is 1.33 bits per heavy atom. The number of halogens is 1. The topological polar surface area (TPSA) is 38.1 Å². The quantitative estimate of drug-likeness (QED) is 0.831. The van der Waals surface area contributed by atoms with Gasteiger partial charge in [0.2, 0.25) is 5.91 Å². The number of rotatable bonds is 5. The molecule has 1 unspecified atom stereocenters. The van der Waals surface area contributed by atoms with Gasteiger partial charge in [-0.1, -0.05) is 29.8 Å². The predicted octanol–water partition coefficient (Wildman–Crippen LogP) is 3.55. The first-order chi connectivity index (χ1) is 11.5. The molecule has 0 saturated carbocycles. The Morgan fingerprint density at radius 2 is 2.12 bits per heavy atom. The molecule has 0 radical (unpaired) electrons. The van der Waals surface area contributed by atoms with Crippen LogP contribution in [0, 0.1) is 6.92 Å². The van der Waals surface area contributed by atoms with Gasteiger partial charge in [-0.15, -0.1) is 0 Å². The third-order valence-corrected chi connectivity index (χ3v) is 5.20. The van der Waals surface area contributed by atoms with Crippen molar-refractivity contribution in [1.29, 1.82) is 0 Å². The minimum absolute atomic E-state index is 0.243. The molecule has 1 aromatic heterocycles. The van der Waals surface area contributed by atoms with E-state index >= 15 is 0 Å². The molecule has 4 nitrogen and oxygen atoms in total. The van der Waals surface area contributed by atoms with Crippen molar-refractivity contribution in [2.24, 2.45) is 7.05 Å². The Labute approximate surface area is 148 Å². The second-order valence-electron chi connectivity index (χ2n) is 6.59. The molecule has 2 aromatic rings. The summed E-state index contributed by atoms with van der Waals surface area (Å²) >= 11 is 6.28. The number of aromatic nitrogens is 2. The van der Waals surface area contributed by atoms with Crippen LogP contribution in [-0.4, -0.2) is 33.2 Å². The zero-order valence-electron chi connectivity index (χ0n) is 14.3. The second kappa shape index (κ2) is 7.39. The van der Waals surface area contributed by atoms with E-state index in [1.807, 2.05) is 43.0 Å². The van der Waals surface area contributed by atoms with Crippen molar-refractivity contribution in [3.05, 3.63) is 52.3 Å². The van der Waals surface area contributed by atoms with E-state index < -0.39 is 0 Å². The normalized spacial score (nSPS) is 17.5. The average Bonchev–Trinajstić information content (AvgIpc) is 3.13. The van der Waals surface area contributed by atoms with E-state index in [1.165, 1.54) is 0 Å². The van der Waals surface area contributed by atoms with Gasteiger partial charge >= 0.3 is 0 Å². The number of carbonyl (C=O) groups excluding carboxylic acids is 1. The fraction of sp³-hybridized carbons (Fsp3) is 0.474. The zero-order valence-corrected chi connectivity index (χ0v) is 15.1. The van der Waals surface area contributed by atoms with Crippen LogP contribution in [-0.2, 0) is 24.7 Å². The number of likely N-dealkylation sites (tertiary alicyclic amines) is 1. The molecular formula is C19H24ClN3O. The highest BCUT2D eigenvalue weighted by atomic mass is 35.5. The van der Waals surface area contributed by atoms with E-state index in [-0.39, 0.29) is 11.9 Å². The molecule has 1 aliphatic rings. The maximum absolute atomic E-state index is 12.7. The van der Waals surface area contributed by atoms with Crippen molar-refractivity contribution in [2.75, 3.05) is 6.54 Å². The zero-order chi connectivity index (χ0) is 17.1. The molecule has 1 aromatic carbocycles.